The highest BCUT2D eigenvalue weighted by Crippen LogP contribution is 2.32. The Hall–Kier alpha value is -1.56. The molecule has 0 heterocycles. The molecule has 0 radical (unpaired) electrons. The van der Waals surface area contributed by atoms with Crippen molar-refractivity contribution in [1.29, 1.82) is 0 Å². The van der Waals surface area contributed by atoms with E-state index < -0.39 is 0 Å². The third kappa shape index (κ3) is 3.97. The lowest BCUT2D eigenvalue weighted by Crippen LogP contribution is -2.18. The van der Waals surface area contributed by atoms with Gasteiger partial charge in [-0.15, -0.1) is 0 Å². The molecule has 112 valence electrons. The Morgan fingerprint density at radius 1 is 1.14 bits per heavy atom. The summed E-state index contributed by atoms with van der Waals surface area (Å²) >= 11 is 3.41. The first-order valence-corrected chi connectivity index (χ1v) is 7.37. The molecule has 0 aliphatic carbocycles. The molecule has 0 aliphatic heterocycles. The van der Waals surface area contributed by atoms with Crippen LogP contribution in [0.1, 0.15) is 17.2 Å². The fourth-order valence-electron chi connectivity index (χ4n) is 1.99. The summed E-state index contributed by atoms with van der Waals surface area (Å²) in [6.45, 7) is 0.316. The van der Waals surface area contributed by atoms with E-state index in [1.807, 2.05) is 24.3 Å². The van der Waals surface area contributed by atoms with E-state index in [2.05, 4.69) is 15.9 Å². The number of hydrogen-bond donors (Lipinski definition) is 2. The van der Waals surface area contributed by atoms with Crippen molar-refractivity contribution in [1.82, 2.24) is 0 Å². The molecule has 4 nitrogen and oxygen atoms in total. The van der Waals surface area contributed by atoms with Crippen molar-refractivity contribution >= 4 is 15.9 Å². The molecule has 2 rings (SSSR count). The lowest BCUT2D eigenvalue weighted by molar-refractivity contribution is 0.204. The summed E-state index contributed by atoms with van der Waals surface area (Å²) in [5, 5.41) is 9.16. The third-order valence-electron chi connectivity index (χ3n) is 3.14. The molecule has 1 atom stereocenters. The van der Waals surface area contributed by atoms with E-state index in [1.54, 1.807) is 25.3 Å². The summed E-state index contributed by atoms with van der Waals surface area (Å²) in [5.41, 5.74) is 7.59. The fraction of sp³-hybridized carbons (Fsp3) is 0.250. The number of methoxy groups -OCH3 is 1. The van der Waals surface area contributed by atoms with E-state index in [9.17, 15) is 0 Å². The lowest BCUT2D eigenvalue weighted by atomic mass is 10.1. The molecule has 0 fully saturated rings. The van der Waals surface area contributed by atoms with Crippen molar-refractivity contribution in [2.75, 3.05) is 13.7 Å². The topological polar surface area (TPSA) is 64.7 Å². The van der Waals surface area contributed by atoms with Gasteiger partial charge in [0.1, 0.15) is 6.10 Å². The first kappa shape index (κ1) is 15.8. The summed E-state index contributed by atoms with van der Waals surface area (Å²) in [5.74, 6) is 1.19. The molecule has 0 aliphatic rings. The Kier molecular flexibility index (Phi) is 5.61. The average molecular weight is 352 g/mol. The highest BCUT2D eigenvalue weighted by Gasteiger charge is 2.14. The van der Waals surface area contributed by atoms with Gasteiger partial charge in [0, 0.05) is 11.0 Å². The van der Waals surface area contributed by atoms with Crippen LogP contribution in [0.25, 0.3) is 0 Å². The van der Waals surface area contributed by atoms with Crippen LogP contribution in [0.2, 0.25) is 0 Å². The molecule has 5 heteroatoms. The zero-order valence-corrected chi connectivity index (χ0v) is 13.3. The number of aliphatic hydroxyl groups excluding tert-OH is 1. The van der Waals surface area contributed by atoms with Crippen molar-refractivity contribution in [3.63, 3.8) is 0 Å². The Balaban J connectivity index is 2.24. The van der Waals surface area contributed by atoms with Gasteiger partial charge in [-0.3, -0.25) is 0 Å². The molecule has 2 aromatic rings. The van der Waals surface area contributed by atoms with Gasteiger partial charge in [-0.1, -0.05) is 34.1 Å². The first-order valence-electron chi connectivity index (χ1n) is 6.58. The Morgan fingerprint density at radius 3 is 2.43 bits per heavy atom. The van der Waals surface area contributed by atoms with Crippen LogP contribution < -0.4 is 15.2 Å². The lowest BCUT2D eigenvalue weighted by Gasteiger charge is -2.20. The van der Waals surface area contributed by atoms with Crippen LogP contribution in [0, 0.1) is 0 Å². The van der Waals surface area contributed by atoms with Crippen molar-refractivity contribution in [2.24, 2.45) is 5.73 Å². The van der Waals surface area contributed by atoms with Gasteiger partial charge in [0.15, 0.2) is 11.5 Å². The molecule has 0 spiro atoms. The molecular weight excluding hydrogens is 334 g/mol. The molecule has 0 amide bonds. The number of ether oxygens (including phenoxy) is 2. The maximum absolute atomic E-state index is 9.16. The van der Waals surface area contributed by atoms with Crippen LogP contribution in [0.5, 0.6) is 11.5 Å². The minimum atomic E-state index is -0.257. The molecule has 0 saturated carbocycles. The average Bonchev–Trinajstić information content (AvgIpc) is 2.53. The van der Waals surface area contributed by atoms with Crippen LogP contribution in [-0.2, 0) is 6.61 Å². The molecule has 21 heavy (non-hydrogen) atoms. The number of benzene rings is 2. The SMILES string of the molecule is COc1cc(CO)ccc1OC(CN)c1ccc(Br)cc1. The minimum absolute atomic E-state index is 0.0380. The maximum atomic E-state index is 9.16. The molecule has 1 unspecified atom stereocenters. The van der Waals surface area contributed by atoms with E-state index in [-0.39, 0.29) is 12.7 Å². The number of aliphatic hydroxyl groups is 1. The Labute approximate surface area is 132 Å². The molecule has 3 N–H and O–H groups in total. The van der Waals surface area contributed by atoms with Gasteiger partial charge in [0.2, 0.25) is 0 Å². The summed E-state index contributed by atoms with van der Waals surface area (Å²) in [6, 6.07) is 13.2. The monoisotopic (exact) mass is 351 g/mol. The van der Waals surface area contributed by atoms with Gasteiger partial charge in [0.05, 0.1) is 13.7 Å². The fourth-order valence-corrected chi connectivity index (χ4v) is 2.25. The van der Waals surface area contributed by atoms with Crippen LogP contribution in [0.4, 0.5) is 0 Å². The summed E-state index contributed by atoms with van der Waals surface area (Å²) in [7, 11) is 1.57. The zero-order chi connectivity index (χ0) is 15.2. The predicted octanol–water partition coefficient (Wildman–Crippen LogP) is 3.03. The van der Waals surface area contributed by atoms with Crippen molar-refractivity contribution < 1.29 is 14.6 Å². The van der Waals surface area contributed by atoms with E-state index >= 15 is 0 Å². The number of halogens is 1. The number of nitrogens with two attached hydrogens (primary N) is 1. The van der Waals surface area contributed by atoms with Gasteiger partial charge < -0.3 is 20.3 Å². The van der Waals surface area contributed by atoms with Crippen LogP contribution in [0.3, 0.4) is 0 Å². The van der Waals surface area contributed by atoms with Gasteiger partial charge in [-0.25, -0.2) is 0 Å². The van der Waals surface area contributed by atoms with E-state index in [0.29, 0.717) is 18.0 Å². The van der Waals surface area contributed by atoms with Crippen LogP contribution in [0.15, 0.2) is 46.9 Å². The van der Waals surface area contributed by atoms with Crippen molar-refractivity contribution in [3.05, 3.63) is 58.1 Å². The second-order valence-electron chi connectivity index (χ2n) is 4.54. The molecule has 0 saturated heterocycles. The number of hydrogen-bond acceptors (Lipinski definition) is 4. The standard InChI is InChI=1S/C16H18BrNO3/c1-20-15-8-11(10-19)2-7-14(15)21-16(9-18)12-3-5-13(17)6-4-12/h2-8,16,19H,9-10,18H2,1H3. The van der Waals surface area contributed by atoms with Gasteiger partial charge >= 0.3 is 0 Å². The van der Waals surface area contributed by atoms with E-state index in [1.165, 1.54) is 0 Å². The Bertz CT molecular complexity index is 587. The van der Waals surface area contributed by atoms with Crippen LogP contribution in [-0.4, -0.2) is 18.8 Å². The normalized spacial score (nSPS) is 12.0. The minimum Gasteiger partial charge on any atom is -0.493 e. The maximum Gasteiger partial charge on any atom is 0.162 e. The highest BCUT2D eigenvalue weighted by molar-refractivity contribution is 9.10. The highest BCUT2D eigenvalue weighted by atomic mass is 79.9. The summed E-state index contributed by atoms with van der Waals surface area (Å²) < 4.78 is 12.3. The zero-order valence-electron chi connectivity index (χ0n) is 11.8. The van der Waals surface area contributed by atoms with Gasteiger partial charge in [-0.2, -0.15) is 0 Å². The van der Waals surface area contributed by atoms with E-state index in [0.717, 1.165) is 15.6 Å². The molecular formula is C16H18BrNO3. The van der Waals surface area contributed by atoms with Gasteiger partial charge in [-0.05, 0) is 35.4 Å². The summed E-state index contributed by atoms with van der Waals surface area (Å²) in [4.78, 5) is 0. The third-order valence-corrected chi connectivity index (χ3v) is 3.66. The molecule has 0 aromatic heterocycles. The second-order valence-corrected chi connectivity index (χ2v) is 5.45. The smallest absolute Gasteiger partial charge is 0.162 e. The number of rotatable bonds is 6. The van der Waals surface area contributed by atoms with Crippen molar-refractivity contribution in [2.45, 2.75) is 12.7 Å². The van der Waals surface area contributed by atoms with Crippen molar-refractivity contribution in [3.8, 4) is 11.5 Å². The summed E-state index contributed by atoms with van der Waals surface area (Å²) in [6.07, 6.45) is -0.257. The van der Waals surface area contributed by atoms with Crippen LogP contribution >= 0.6 is 15.9 Å². The largest absolute Gasteiger partial charge is 0.493 e. The van der Waals surface area contributed by atoms with E-state index in [4.69, 9.17) is 20.3 Å². The molecule has 0 bridgehead atoms. The molecule has 2 aromatic carbocycles. The van der Waals surface area contributed by atoms with Gasteiger partial charge in [0.25, 0.3) is 0 Å². The second kappa shape index (κ2) is 7.45. The quantitative estimate of drug-likeness (QED) is 0.839. The first-order chi connectivity index (χ1) is 10.2. The predicted molar refractivity (Wildman–Crippen MR) is 85.5 cm³/mol. The Morgan fingerprint density at radius 2 is 1.86 bits per heavy atom.